The Morgan fingerprint density at radius 3 is 2.33 bits per heavy atom. The summed E-state index contributed by atoms with van der Waals surface area (Å²) in [5.41, 5.74) is 5.95. The number of halogens is 3. The van der Waals surface area contributed by atoms with Gasteiger partial charge < -0.3 is 10.5 Å². The summed E-state index contributed by atoms with van der Waals surface area (Å²) in [6.45, 7) is 0.316. The highest BCUT2D eigenvalue weighted by molar-refractivity contribution is 5.24. The van der Waals surface area contributed by atoms with Crippen LogP contribution in [0.2, 0.25) is 0 Å². The Balaban J connectivity index is 1.90. The highest BCUT2D eigenvalue weighted by Gasteiger charge is 2.30. The van der Waals surface area contributed by atoms with Gasteiger partial charge in [-0.2, -0.15) is 13.2 Å². The largest absolute Gasteiger partial charge is 0.416 e. The van der Waals surface area contributed by atoms with Crippen molar-refractivity contribution in [2.75, 3.05) is 0 Å². The maximum Gasteiger partial charge on any atom is 0.416 e. The second kappa shape index (κ2) is 5.28. The smallest absolute Gasteiger partial charge is 0.372 e. The van der Waals surface area contributed by atoms with Gasteiger partial charge in [-0.15, -0.1) is 0 Å². The molecule has 0 spiro atoms. The van der Waals surface area contributed by atoms with Crippen molar-refractivity contribution >= 4 is 0 Å². The third kappa shape index (κ3) is 3.23. The molecule has 2 nitrogen and oxygen atoms in total. The Hall–Kier alpha value is -1.07. The summed E-state index contributed by atoms with van der Waals surface area (Å²) in [6.07, 6.45) is -1.31. The molecule has 0 aromatic heterocycles. The first kappa shape index (κ1) is 13.4. The molecule has 1 aromatic carbocycles. The standard InChI is InChI=1S/C13H16F3NO/c14-13(15,16)10-6-4-9(5-7-10)8-18-12-3-1-2-11(12)17/h4-7,11-12H,1-3,8,17H2. The molecule has 2 rings (SSSR count). The summed E-state index contributed by atoms with van der Waals surface area (Å²) in [5, 5.41) is 0. The van der Waals surface area contributed by atoms with E-state index in [4.69, 9.17) is 10.5 Å². The first-order chi connectivity index (χ1) is 8.47. The van der Waals surface area contributed by atoms with E-state index < -0.39 is 11.7 Å². The number of rotatable bonds is 3. The molecule has 1 saturated carbocycles. The normalized spacial score (nSPS) is 24.4. The fourth-order valence-corrected chi connectivity index (χ4v) is 2.15. The van der Waals surface area contributed by atoms with E-state index in [1.165, 1.54) is 12.1 Å². The maximum atomic E-state index is 12.4. The number of ether oxygens (including phenoxy) is 1. The summed E-state index contributed by atoms with van der Waals surface area (Å²) in [5.74, 6) is 0. The molecule has 2 atom stereocenters. The molecule has 1 aliphatic rings. The fourth-order valence-electron chi connectivity index (χ4n) is 2.15. The van der Waals surface area contributed by atoms with Gasteiger partial charge in [0.1, 0.15) is 0 Å². The molecule has 100 valence electrons. The zero-order valence-corrected chi connectivity index (χ0v) is 9.91. The number of alkyl halides is 3. The van der Waals surface area contributed by atoms with Crippen molar-refractivity contribution in [1.29, 1.82) is 0 Å². The molecule has 0 aliphatic heterocycles. The van der Waals surface area contributed by atoms with E-state index in [0.717, 1.165) is 37.0 Å². The lowest BCUT2D eigenvalue weighted by atomic mass is 10.1. The summed E-state index contributed by atoms with van der Waals surface area (Å²) >= 11 is 0. The van der Waals surface area contributed by atoms with E-state index in [1.54, 1.807) is 0 Å². The fraction of sp³-hybridized carbons (Fsp3) is 0.538. The number of hydrogen-bond donors (Lipinski definition) is 1. The molecular weight excluding hydrogens is 243 g/mol. The second-order valence-electron chi connectivity index (χ2n) is 4.64. The van der Waals surface area contributed by atoms with Crippen molar-refractivity contribution < 1.29 is 17.9 Å². The number of nitrogens with two attached hydrogens (primary N) is 1. The van der Waals surface area contributed by atoms with E-state index in [0.29, 0.717) is 6.61 Å². The SMILES string of the molecule is NC1CCCC1OCc1ccc(C(F)(F)F)cc1. The average Bonchev–Trinajstić information content (AvgIpc) is 2.72. The van der Waals surface area contributed by atoms with Crippen LogP contribution in [0, 0.1) is 0 Å². The summed E-state index contributed by atoms with van der Waals surface area (Å²) in [6, 6.07) is 5.10. The zero-order chi connectivity index (χ0) is 13.2. The molecule has 1 aromatic rings. The minimum Gasteiger partial charge on any atom is -0.372 e. The Bertz CT molecular complexity index is 388. The first-order valence-electron chi connectivity index (χ1n) is 6.00. The molecule has 1 aliphatic carbocycles. The number of benzene rings is 1. The van der Waals surface area contributed by atoms with Crippen LogP contribution in [-0.4, -0.2) is 12.1 Å². The predicted octanol–water partition coefficient (Wildman–Crippen LogP) is 3.10. The molecule has 18 heavy (non-hydrogen) atoms. The molecule has 1 fully saturated rings. The van der Waals surface area contributed by atoms with Crippen molar-refractivity contribution in [3.63, 3.8) is 0 Å². The van der Waals surface area contributed by atoms with Crippen molar-refractivity contribution in [3.05, 3.63) is 35.4 Å². The third-order valence-electron chi connectivity index (χ3n) is 3.25. The van der Waals surface area contributed by atoms with Gasteiger partial charge in [0.25, 0.3) is 0 Å². The molecular formula is C13H16F3NO. The average molecular weight is 259 g/mol. The van der Waals surface area contributed by atoms with Crippen molar-refractivity contribution in [3.8, 4) is 0 Å². The maximum absolute atomic E-state index is 12.4. The van der Waals surface area contributed by atoms with Gasteiger partial charge in [-0.05, 0) is 37.0 Å². The van der Waals surface area contributed by atoms with Gasteiger partial charge in [0.2, 0.25) is 0 Å². The van der Waals surface area contributed by atoms with Gasteiger partial charge in [-0.3, -0.25) is 0 Å². The second-order valence-corrected chi connectivity index (χ2v) is 4.64. The molecule has 0 amide bonds. The van der Waals surface area contributed by atoms with Gasteiger partial charge in [0, 0.05) is 6.04 Å². The predicted molar refractivity (Wildman–Crippen MR) is 61.8 cm³/mol. The molecule has 2 unspecified atom stereocenters. The zero-order valence-electron chi connectivity index (χ0n) is 9.91. The Morgan fingerprint density at radius 1 is 1.17 bits per heavy atom. The van der Waals surface area contributed by atoms with Crippen LogP contribution in [0.4, 0.5) is 13.2 Å². The molecule has 0 radical (unpaired) electrons. The minimum atomic E-state index is -4.28. The Morgan fingerprint density at radius 2 is 1.83 bits per heavy atom. The van der Waals surface area contributed by atoms with Crippen LogP contribution < -0.4 is 5.73 Å². The minimum absolute atomic E-state index is 0.0345. The van der Waals surface area contributed by atoms with Crippen LogP contribution in [0.3, 0.4) is 0 Å². The lowest BCUT2D eigenvalue weighted by Gasteiger charge is -2.16. The summed E-state index contributed by atoms with van der Waals surface area (Å²) in [4.78, 5) is 0. The van der Waals surface area contributed by atoms with Gasteiger partial charge in [-0.1, -0.05) is 12.1 Å². The van der Waals surface area contributed by atoms with Crippen molar-refractivity contribution in [1.82, 2.24) is 0 Å². The van der Waals surface area contributed by atoms with E-state index in [2.05, 4.69) is 0 Å². The molecule has 0 saturated heterocycles. The van der Waals surface area contributed by atoms with Crippen LogP contribution in [0.5, 0.6) is 0 Å². The van der Waals surface area contributed by atoms with Crippen LogP contribution >= 0.6 is 0 Å². The monoisotopic (exact) mass is 259 g/mol. The Labute approximate surface area is 104 Å². The molecule has 2 N–H and O–H groups in total. The quantitative estimate of drug-likeness (QED) is 0.905. The van der Waals surface area contributed by atoms with Gasteiger partial charge in [-0.25, -0.2) is 0 Å². The van der Waals surface area contributed by atoms with Crippen LogP contribution in [0.15, 0.2) is 24.3 Å². The van der Waals surface area contributed by atoms with Crippen LogP contribution in [0.1, 0.15) is 30.4 Å². The van der Waals surface area contributed by atoms with Crippen LogP contribution in [-0.2, 0) is 17.5 Å². The lowest BCUT2D eigenvalue weighted by molar-refractivity contribution is -0.137. The van der Waals surface area contributed by atoms with Crippen molar-refractivity contribution in [2.45, 2.75) is 44.2 Å². The first-order valence-corrected chi connectivity index (χ1v) is 6.00. The molecule has 0 heterocycles. The van der Waals surface area contributed by atoms with Gasteiger partial charge >= 0.3 is 6.18 Å². The number of hydrogen-bond acceptors (Lipinski definition) is 2. The lowest BCUT2D eigenvalue weighted by Crippen LogP contribution is -2.31. The van der Waals surface area contributed by atoms with Gasteiger partial charge in [0.05, 0.1) is 18.3 Å². The molecule has 0 bridgehead atoms. The van der Waals surface area contributed by atoms with Crippen molar-refractivity contribution in [2.24, 2.45) is 5.73 Å². The third-order valence-corrected chi connectivity index (χ3v) is 3.25. The van der Waals surface area contributed by atoms with Gasteiger partial charge in [0.15, 0.2) is 0 Å². The Kier molecular flexibility index (Phi) is 3.92. The van der Waals surface area contributed by atoms with E-state index in [1.807, 2.05) is 0 Å². The van der Waals surface area contributed by atoms with E-state index in [9.17, 15) is 13.2 Å². The topological polar surface area (TPSA) is 35.2 Å². The molecule has 5 heteroatoms. The van der Waals surface area contributed by atoms with Crippen LogP contribution in [0.25, 0.3) is 0 Å². The summed E-state index contributed by atoms with van der Waals surface area (Å²) < 4.78 is 42.7. The highest BCUT2D eigenvalue weighted by Crippen LogP contribution is 2.29. The highest BCUT2D eigenvalue weighted by atomic mass is 19.4. The van der Waals surface area contributed by atoms with E-state index >= 15 is 0 Å². The summed E-state index contributed by atoms with van der Waals surface area (Å²) in [7, 11) is 0. The van der Waals surface area contributed by atoms with E-state index in [-0.39, 0.29) is 12.1 Å².